The number of nitrogens with zero attached hydrogens (tertiary/aromatic N) is 2. The van der Waals surface area contributed by atoms with Crippen molar-refractivity contribution in [2.45, 2.75) is 59.1 Å². The van der Waals surface area contributed by atoms with Gasteiger partial charge in [0.2, 0.25) is 5.91 Å². The van der Waals surface area contributed by atoms with Crippen LogP contribution in [0, 0.1) is 11.8 Å². The Labute approximate surface area is 229 Å². The van der Waals surface area contributed by atoms with Crippen LogP contribution in [0.4, 0.5) is 5.69 Å². The Kier molecular flexibility index (Phi) is 9.59. The van der Waals surface area contributed by atoms with Gasteiger partial charge in [0.25, 0.3) is 0 Å². The highest BCUT2D eigenvalue weighted by Gasteiger charge is 2.36. The van der Waals surface area contributed by atoms with Gasteiger partial charge in [0.05, 0.1) is 23.2 Å². The first-order chi connectivity index (χ1) is 16.8. The van der Waals surface area contributed by atoms with Gasteiger partial charge < -0.3 is 14.5 Å². The number of amides is 1. The molecular formula is C28H35Cl3N2O3. The summed E-state index contributed by atoms with van der Waals surface area (Å²) < 4.78 is 5.53. The Morgan fingerprint density at radius 1 is 1.00 bits per heavy atom. The van der Waals surface area contributed by atoms with E-state index in [-0.39, 0.29) is 30.3 Å². The predicted octanol–water partition coefficient (Wildman–Crippen LogP) is 7.43. The number of benzene rings is 2. The zero-order valence-electron chi connectivity index (χ0n) is 21.6. The molecule has 1 aliphatic heterocycles. The Morgan fingerprint density at radius 2 is 1.64 bits per heavy atom. The monoisotopic (exact) mass is 552 g/mol. The van der Waals surface area contributed by atoms with Crippen molar-refractivity contribution in [2.24, 2.45) is 11.8 Å². The largest absolute Gasteiger partial charge is 0.460 e. The van der Waals surface area contributed by atoms with Crippen molar-refractivity contribution < 1.29 is 14.3 Å². The fraction of sp³-hybridized carbons (Fsp3) is 0.500. The number of halogens is 3. The van der Waals surface area contributed by atoms with Crippen molar-refractivity contribution in [1.82, 2.24) is 4.90 Å². The van der Waals surface area contributed by atoms with Gasteiger partial charge in [-0.25, -0.2) is 0 Å². The van der Waals surface area contributed by atoms with Gasteiger partial charge in [0.15, 0.2) is 0 Å². The highest BCUT2D eigenvalue weighted by Crippen LogP contribution is 2.37. The summed E-state index contributed by atoms with van der Waals surface area (Å²) in [7, 11) is 0. The molecule has 1 heterocycles. The first kappa shape index (κ1) is 28.6. The molecular weight excluding hydrogens is 519 g/mol. The first-order valence-corrected chi connectivity index (χ1v) is 13.4. The third-order valence-electron chi connectivity index (χ3n) is 6.10. The quantitative estimate of drug-likeness (QED) is 0.335. The summed E-state index contributed by atoms with van der Waals surface area (Å²) in [5, 5.41) is 1.77. The van der Waals surface area contributed by atoms with Gasteiger partial charge in [-0.1, -0.05) is 60.8 Å². The van der Waals surface area contributed by atoms with Gasteiger partial charge in [-0.15, -0.1) is 0 Å². The smallest absolute Gasteiger partial charge is 0.307 e. The Bertz CT molecular complexity index is 1070. The zero-order valence-corrected chi connectivity index (χ0v) is 23.8. The van der Waals surface area contributed by atoms with E-state index in [4.69, 9.17) is 39.5 Å². The van der Waals surface area contributed by atoms with Gasteiger partial charge in [0.1, 0.15) is 5.60 Å². The minimum atomic E-state index is -0.592. The minimum absolute atomic E-state index is 0.0182. The maximum absolute atomic E-state index is 13.8. The molecule has 0 aliphatic carbocycles. The number of esters is 1. The molecule has 1 amide bonds. The standard InChI is InChI=1S/C28H35Cl3N2O3/c1-18(2)14-20(15-26(34)36-28(3,4)5)27(35)32-12-13-33(24-11-10-22(30)16-23(24)31)25(17-32)19-6-8-21(29)9-7-19/h6-11,16,18,20,25H,12-15,17H2,1-5H3/t20-,25-/m0/s1. The normalized spacial score (nSPS) is 17.3. The van der Waals surface area contributed by atoms with Crippen LogP contribution in [0.2, 0.25) is 15.1 Å². The lowest BCUT2D eigenvalue weighted by atomic mass is 9.91. The van der Waals surface area contributed by atoms with E-state index in [0.717, 1.165) is 11.3 Å². The summed E-state index contributed by atoms with van der Waals surface area (Å²) in [5.74, 6) is -0.531. The molecule has 0 N–H and O–H groups in total. The lowest BCUT2D eigenvalue weighted by Gasteiger charge is -2.44. The summed E-state index contributed by atoms with van der Waals surface area (Å²) in [4.78, 5) is 30.5. The van der Waals surface area contributed by atoms with E-state index in [0.29, 0.717) is 41.1 Å². The van der Waals surface area contributed by atoms with Gasteiger partial charge in [-0.2, -0.15) is 0 Å². The zero-order chi connectivity index (χ0) is 26.6. The molecule has 0 bridgehead atoms. The summed E-state index contributed by atoms with van der Waals surface area (Å²) >= 11 is 18.9. The first-order valence-electron chi connectivity index (χ1n) is 12.3. The lowest BCUT2D eigenvalue weighted by molar-refractivity contribution is -0.158. The number of hydrogen-bond acceptors (Lipinski definition) is 4. The van der Waals surface area contributed by atoms with Crippen molar-refractivity contribution in [3.63, 3.8) is 0 Å². The van der Waals surface area contributed by atoms with Crippen LogP contribution < -0.4 is 4.90 Å². The number of hydrogen-bond donors (Lipinski definition) is 0. The second-order valence-corrected chi connectivity index (χ2v) is 12.0. The summed E-state index contributed by atoms with van der Waals surface area (Å²) in [6.45, 7) is 11.2. The van der Waals surface area contributed by atoms with Crippen LogP contribution in [-0.4, -0.2) is 42.0 Å². The average molecular weight is 554 g/mol. The SMILES string of the molecule is CC(C)C[C@@H](CC(=O)OC(C)(C)C)C(=O)N1CCN(c2ccc(Cl)cc2Cl)[C@H](c2ccc(Cl)cc2)C1. The molecule has 0 aromatic heterocycles. The van der Waals surface area contributed by atoms with Crippen LogP contribution in [0.25, 0.3) is 0 Å². The van der Waals surface area contributed by atoms with E-state index in [2.05, 4.69) is 18.7 Å². The van der Waals surface area contributed by atoms with Gasteiger partial charge in [-0.05, 0) is 69.0 Å². The highest BCUT2D eigenvalue weighted by molar-refractivity contribution is 6.36. The van der Waals surface area contributed by atoms with Crippen LogP contribution in [0.3, 0.4) is 0 Å². The van der Waals surface area contributed by atoms with E-state index in [1.807, 2.05) is 62.1 Å². The molecule has 1 aliphatic rings. The highest BCUT2D eigenvalue weighted by atomic mass is 35.5. The van der Waals surface area contributed by atoms with E-state index in [9.17, 15) is 9.59 Å². The molecule has 3 rings (SSSR count). The van der Waals surface area contributed by atoms with Crippen molar-refractivity contribution in [1.29, 1.82) is 0 Å². The van der Waals surface area contributed by atoms with Crippen molar-refractivity contribution >= 4 is 52.4 Å². The van der Waals surface area contributed by atoms with Gasteiger partial charge in [-0.3, -0.25) is 9.59 Å². The number of carbonyl (C=O) groups excluding carboxylic acids is 2. The second kappa shape index (κ2) is 12.1. The summed E-state index contributed by atoms with van der Waals surface area (Å²) in [6, 6.07) is 13.0. The number of anilines is 1. The number of piperazine rings is 1. The minimum Gasteiger partial charge on any atom is -0.460 e. The molecule has 2 aromatic carbocycles. The van der Waals surface area contributed by atoms with Gasteiger partial charge in [0, 0.05) is 35.6 Å². The number of carbonyl (C=O) groups is 2. The van der Waals surface area contributed by atoms with Crippen molar-refractivity contribution in [2.75, 3.05) is 24.5 Å². The Hall–Kier alpha value is -1.95. The molecule has 2 atom stereocenters. The third-order valence-corrected chi connectivity index (χ3v) is 6.89. The molecule has 1 saturated heterocycles. The van der Waals surface area contributed by atoms with E-state index in [1.54, 1.807) is 6.07 Å². The Balaban J connectivity index is 1.88. The van der Waals surface area contributed by atoms with E-state index >= 15 is 0 Å². The summed E-state index contributed by atoms with van der Waals surface area (Å²) in [6.07, 6.45) is 0.691. The fourth-order valence-electron chi connectivity index (χ4n) is 4.64. The van der Waals surface area contributed by atoms with E-state index in [1.165, 1.54) is 0 Å². The predicted molar refractivity (Wildman–Crippen MR) is 148 cm³/mol. The molecule has 1 fully saturated rings. The van der Waals surface area contributed by atoms with Crippen molar-refractivity contribution in [3.05, 3.63) is 63.1 Å². The van der Waals surface area contributed by atoms with Gasteiger partial charge >= 0.3 is 5.97 Å². The molecule has 5 nitrogen and oxygen atoms in total. The van der Waals surface area contributed by atoms with Crippen LogP contribution >= 0.6 is 34.8 Å². The average Bonchev–Trinajstić information content (AvgIpc) is 2.77. The van der Waals surface area contributed by atoms with Crippen LogP contribution in [0.15, 0.2) is 42.5 Å². The van der Waals surface area contributed by atoms with E-state index < -0.39 is 11.5 Å². The molecule has 0 unspecified atom stereocenters. The maximum atomic E-state index is 13.8. The molecule has 36 heavy (non-hydrogen) atoms. The van der Waals surface area contributed by atoms with Crippen LogP contribution in [0.1, 0.15) is 59.1 Å². The molecule has 8 heteroatoms. The summed E-state index contributed by atoms with van der Waals surface area (Å²) in [5.41, 5.74) is 1.29. The maximum Gasteiger partial charge on any atom is 0.307 e. The molecule has 2 aromatic rings. The number of ether oxygens (including phenoxy) is 1. The topological polar surface area (TPSA) is 49.9 Å². The van der Waals surface area contributed by atoms with Crippen LogP contribution in [0.5, 0.6) is 0 Å². The van der Waals surface area contributed by atoms with Crippen molar-refractivity contribution in [3.8, 4) is 0 Å². The fourth-order valence-corrected chi connectivity index (χ4v) is 5.28. The molecule has 0 spiro atoms. The van der Waals surface area contributed by atoms with Crippen LogP contribution in [-0.2, 0) is 14.3 Å². The lowest BCUT2D eigenvalue weighted by Crippen LogP contribution is -2.52. The number of rotatable bonds is 7. The Morgan fingerprint density at radius 3 is 2.22 bits per heavy atom. The second-order valence-electron chi connectivity index (χ2n) is 10.8. The molecule has 0 saturated carbocycles. The third kappa shape index (κ3) is 7.77. The molecule has 196 valence electrons. The molecule has 0 radical (unpaired) electrons.